The van der Waals surface area contributed by atoms with Gasteiger partial charge in [-0.2, -0.15) is 0 Å². The van der Waals surface area contributed by atoms with E-state index in [-0.39, 0.29) is 11.6 Å². The number of aliphatic imine (C=N–C) groups is 1. The molecule has 0 saturated carbocycles. The molecule has 0 bridgehead atoms. The van der Waals surface area contributed by atoms with Crippen LogP contribution in [-0.4, -0.2) is 25.1 Å². The fourth-order valence-corrected chi connectivity index (χ4v) is 3.40. The molecule has 1 aliphatic rings. The van der Waals surface area contributed by atoms with Crippen LogP contribution in [0, 0.1) is 3.57 Å². The van der Waals surface area contributed by atoms with E-state index in [2.05, 4.69) is 34.2 Å². The molecule has 150 valence electrons. The molecule has 0 amide bonds. The largest absolute Gasteiger partial charge is 0.490 e. The molecule has 0 aromatic heterocycles. The van der Waals surface area contributed by atoms with E-state index in [0.29, 0.717) is 35.3 Å². The summed E-state index contributed by atoms with van der Waals surface area (Å²) in [5.74, 6) is 0.685. The number of nitrogens with zero attached hydrogens (tertiary/aromatic N) is 1. The van der Waals surface area contributed by atoms with Crippen molar-refractivity contribution >= 4 is 52.1 Å². The van der Waals surface area contributed by atoms with E-state index in [0.717, 1.165) is 14.7 Å². The van der Waals surface area contributed by atoms with Crippen molar-refractivity contribution in [2.24, 2.45) is 4.99 Å². The molecule has 0 radical (unpaired) electrons. The van der Waals surface area contributed by atoms with Crippen LogP contribution in [0.3, 0.4) is 0 Å². The maximum Gasteiger partial charge on any atom is 0.363 e. The fraction of sp³-hybridized carbons (Fsp3) is 0.182. The molecule has 0 spiro atoms. The third kappa shape index (κ3) is 5.39. The SMILES string of the molecule is C=C(C)COc1c(Cl)cc(/C=C2\N=C(c3cccc(I)c3)OC2=O)cc1OCC. The Morgan fingerprint density at radius 3 is 2.79 bits per heavy atom. The van der Waals surface area contributed by atoms with Gasteiger partial charge < -0.3 is 14.2 Å². The Hall–Kier alpha value is -2.32. The molecule has 2 aromatic rings. The second-order valence-electron chi connectivity index (χ2n) is 6.36. The van der Waals surface area contributed by atoms with Gasteiger partial charge in [-0.15, -0.1) is 0 Å². The van der Waals surface area contributed by atoms with Crippen LogP contribution in [0.15, 0.2) is 59.2 Å². The number of carbonyl (C=O) groups is 1. The molecule has 0 fully saturated rings. The fourth-order valence-electron chi connectivity index (χ4n) is 2.58. The Kier molecular flexibility index (Phi) is 6.97. The van der Waals surface area contributed by atoms with Gasteiger partial charge in [-0.3, -0.25) is 0 Å². The molecule has 0 atom stereocenters. The lowest BCUT2D eigenvalue weighted by molar-refractivity contribution is -0.129. The topological polar surface area (TPSA) is 57.1 Å². The molecule has 0 saturated heterocycles. The molecule has 29 heavy (non-hydrogen) atoms. The number of hydrogen-bond acceptors (Lipinski definition) is 5. The molecule has 3 rings (SSSR count). The second-order valence-corrected chi connectivity index (χ2v) is 8.01. The summed E-state index contributed by atoms with van der Waals surface area (Å²) in [6, 6.07) is 11.0. The van der Waals surface area contributed by atoms with Crippen LogP contribution >= 0.6 is 34.2 Å². The Bertz CT molecular complexity index is 1030. The minimum Gasteiger partial charge on any atom is -0.490 e. The number of hydrogen-bond donors (Lipinski definition) is 0. The summed E-state index contributed by atoms with van der Waals surface area (Å²) in [5, 5.41) is 0.372. The van der Waals surface area contributed by atoms with Crippen molar-refractivity contribution in [3.63, 3.8) is 0 Å². The van der Waals surface area contributed by atoms with Gasteiger partial charge in [0.15, 0.2) is 17.2 Å². The molecule has 0 aliphatic carbocycles. The van der Waals surface area contributed by atoms with Crippen molar-refractivity contribution in [2.75, 3.05) is 13.2 Å². The van der Waals surface area contributed by atoms with Crippen molar-refractivity contribution in [3.05, 3.63) is 74.0 Å². The van der Waals surface area contributed by atoms with E-state index in [9.17, 15) is 4.79 Å². The molecule has 2 aromatic carbocycles. The molecular weight excluding hydrogens is 505 g/mol. The Morgan fingerprint density at radius 2 is 2.10 bits per heavy atom. The van der Waals surface area contributed by atoms with Gasteiger partial charge >= 0.3 is 5.97 Å². The first-order valence-electron chi connectivity index (χ1n) is 8.89. The summed E-state index contributed by atoms with van der Waals surface area (Å²) in [7, 11) is 0. The number of rotatable bonds is 7. The van der Waals surface area contributed by atoms with Gasteiger partial charge in [0.2, 0.25) is 5.90 Å². The van der Waals surface area contributed by atoms with E-state index in [1.807, 2.05) is 38.1 Å². The van der Waals surface area contributed by atoms with Gasteiger partial charge in [0.05, 0.1) is 11.6 Å². The first-order valence-corrected chi connectivity index (χ1v) is 10.3. The average molecular weight is 524 g/mol. The third-order valence-corrected chi connectivity index (χ3v) is 4.74. The molecular formula is C22H19ClINO4. The minimum absolute atomic E-state index is 0.188. The van der Waals surface area contributed by atoms with Crippen LogP contribution in [0.1, 0.15) is 25.0 Å². The van der Waals surface area contributed by atoms with Gasteiger partial charge in [0.25, 0.3) is 0 Å². The number of benzene rings is 2. The lowest BCUT2D eigenvalue weighted by atomic mass is 10.1. The highest BCUT2D eigenvalue weighted by atomic mass is 127. The molecule has 5 nitrogen and oxygen atoms in total. The van der Waals surface area contributed by atoms with Crippen molar-refractivity contribution in [1.29, 1.82) is 0 Å². The monoisotopic (exact) mass is 523 g/mol. The smallest absolute Gasteiger partial charge is 0.363 e. The Morgan fingerprint density at radius 1 is 1.31 bits per heavy atom. The van der Waals surface area contributed by atoms with E-state index in [1.54, 1.807) is 18.2 Å². The summed E-state index contributed by atoms with van der Waals surface area (Å²) >= 11 is 8.59. The zero-order valence-corrected chi connectivity index (χ0v) is 18.9. The summed E-state index contributed by atoms with van der Waals surface area (Å²) in [6.07, 6.45) is 1.61. The third-order valence-electron chi connectivity index (χ3n) is 3.79. The van der Waals surface area contributed by atoms with Crippen LogP contribution < -0.4 is 9.47 Å². The highest BCUT2D eigenvalue weighted by Crippen LogP contribution is 2.38. The summed E-state index contributed by atoms with van der Waals surface area (Å²) in [4.78, 5) is 16.6. The Balaban J connectivity index is 1.94. The first-order chi connectivity index (χ1) is 13.9. The standard InChI is InChI=1S/C22H19ClINO4/c1-4-27-19-10-14(8-17(23)20(19)28-12-13(2)3)9-18-22(26)29-21(25-18)15-6-5-7-16(24)11-15/h5-11H,2,4,12H2,1,3H3/b18-9-. The van der Waals surface area contributed by atoms with Crippen LogP contribution in [0.4, 0.5) is 0 Å². The van der Waals surface area contributed by atoms with Crippen LogP contribution in [0.25, 0.3) is 6.08 Å². The predicted molar refractivity (Wildman–Crippen MR) is 123 cm³/mol. The number of halogens is 2. The average Bonchev–Trinajstić information content (AvgIpc) is 3.02. The quantitative estimate of drug-likeness (QED) is 0.204. The molecule has 0 unspecified atom stereocenters. The number of ether oxygens (including phenoxy) is 3. The lowest BCUT2D eigenvalue weighted by Crippen LogP contribution is -2.05. The van der Waals surface area contributed by atoms with Gasteiger partial charge in [0, 0.05) is 9.13 Å². The number of esters is 1. The first kappa shape index (κ1) is 21.4. The highest BCUT2D eigenvalue weighted by molar-refractivity contribution is 14.1. The zero-order chi connectivity index (χ0) is 21.0. The maximum absolute atomic E-state index is 12.3. The van der Waals surface area contributed by atoms with Crippen molar-refractivity contribution in [1.82, 2.24) is 0 Å². The van der Waals surface area contributed by atoms with Crippen molar-refractivity contribution in [3.8, 4) is 11.5 Å². The van der Waals surface area contributed by atoms with Crippen LogP contribution in [0.5, 0.6) is 11.5 Å². The highest BCUT2D eigenvalue weighted by Gasteiger charge is 2.24. The molecule has 1 heterocycles. The van der Waals surface area contributed by atoms with E-state index in [4.69, 9.17) is 25.8 Å². The van der Waals surface area contributed by atoms with Crippen molar-refractivity contribution in [2.45, 2.75) is 13.8 Å². The van der Waals surface area contributed by atoms with Gasteiger partial charge in [-0.05, 0) is 84.0 Å². The summed E-state index contributed by atoms with van der Waals surface area (Å²) < 4.78 is 17.7. The predicted octanol–water partition coefficient (Wildman–Crippen LogP) is 5.64. The van der Waals surface area contributed by atoms with Crippen molar-refractivity contribution < 1.29 is 19.0 Å². The van der Waals surface area contributed by atoms with E-state index >= 15 is 0 Å². The van der Waals surface area contributed by atoms with Gasteiger partial charge in [-0.1, -0.05) is 24.2 Å². The molecule has 0 N–H and O–H groups in total. The van der Waals surface area contributed by atoms with Crippen LogP contribution in [0.2, 0.25) is 5.02 Å². The van der Waals surface area contributed by atoms with Gasteiger partial charge in [-0.25, -0.2) is 9.79 Å². The maximum atomic E-state index is 12.3. The van der Waals surface area contributed by atoms with Crippen LogP contribution in [-0.2, 0) is 9.53 Å². The normalized spacial score (nSPS) is 14.6. The molecule has 1 aliphatic heterocycles. The number of carbonyl (C=O) groups excluding carboxylic acids is 1. The van der Waals surface area contributed by atoms with Gasteiger partial charge in [0.1, 0.15) is 6.61 Å². The lowest BCUT2D eigenvalue weighted by Gasteiger charge is -2.14. The Labute approximate surface area is 188 Å². The number of cyclic esters (lactones) is 1. The van der Waals surface area contributed by atoms with E-state index in [1.165, 1.54) is 0 Å². The second kappa shape index (κ2) is 9.45. The minimum atomic E-state index is -0.518. The van der Waals surface area contributed by atoms with E-state index < -0.39 is 5.97 Å². The summed E-state index contributed by atoms with van der Waals surface area (Å²) in [6.45, 7) is 8.32. The summed E-state index contributed by atoms with van der Waals surface area (Å²) in [5.41, 5.74) is 2.44. The molecule has 7 heteroatoms. The zero-order valence-electron chi connectivity index (χ0n) is 16.0.